The first-order valence-electron chi connectivity index (χ1n) is 5.37. The molecule has 21 heavy (non-hydrogen) atoms. The third kappa shape index (κ3) is 4.38. The van der Waals surface area contributed by atoms with E-state index in [-0.39, 0.29) is 16.7 Å². The summed E-state index contributed by atoms with van der Waals surface area (Å²) in [4.78, 5) is 12.1. The van der Waals surface area contributed by atoms with E-state index in [0.29, 0.717) is 15.0 Å². The maximum absolute atomic E-state index is 12.1. The molecule has 1 N–H and O–H groups in total. The number of hydrogen-bond acceptors (Lipinski definition) is 3. The molecule has 112 valence electrons. The van der Waals surface area contributed by atoms with Crippen LogP contribution in [0, 0.1) is 0 Å². The number of rotatable bonds is 4. The highest BCUT2D eigenvalue weighted by Crippen LogP contribution is 2.33. The fourth-order valence-electron chi connectivity index (χ4n) is 1.46. The van der Waals surface area contributed by atoms with Gasteiger partial charge in [0.25, 0.3) is 5.91 Å². The first-order valence-corrected chi connectivity index (χ1v) is 8.15. The zero-order valence-corrected chi connectivity index (χ0v) is 14.7. The van der Waals surface area contributed by atoms with Crippen LogP contribution in [-0.4, -0.2) is 12.5 Å². The van der Waals surface area contributed by atoms with Gasteiger partial charge in [-0.1, -0.05) is 11.6 Å². The van der Waals surface area contributed by atoms with Crippen molar-refractivity contribution in [2.75, 3.05) is 5.32 Å². The van der Waals surface area contributed by atoms with E-state index in [1.165, 1.54) is 29.5 Å². The van der Waals surface area contributed by atoms with Gasteiger partial charge in [0.05, 0.1) is 18.2 Å². The lowest BCUT2D eigenvalue weighted by Gasteiger charge is -2.09. The number of thiophene rings is 1. The second kappa shape index (κ2) is 7.04. The predicted octanol–water partition coefficient (Wildman–Crippen LogP) is 5.78. The van der Waals surface area contributed by atoms with Crippen molar-refractivity contribution in [3.63, 3.8) is 0 Å². The van der Waals surface area contributed by atoms with Gasteiger partial charge in [-0.2, -0.15) is 8.78 Å². The molecule has 0 atom stereocenters. The van der Waals surface area contributed by atoms with Crippen molar-refractivity contribution >= 4 is 66.4 Å². The van der Waals surface area contributed by atoms with Crippen molar-refractivity contribution in [3.05, 3.63) is 42.4 Å². The number of carbonyl (C=O) groups is 1. The van der Waals surface area contributed by atoms with Gasteiger partial charge in [0.1, 0.15) is 5.75 Å². The minimum absolute atomic E-state index is 0.0151. The third-order valence-corrected chi connectivity index (χ3v) is 4.94. The second-order valence-corrected chi connectivity index (χ2v) is 7.87. The number of benzene rings is 1. The van der Waals surface area contributed by atoms with Gasteiger partial charge in [-0.3, -0.25) is 4.79 Å². The number of halogens is 5. The Morgan fingerprint density at radius 2 is 2.05 bits per heavy atom. The number of amides is 1. The second-order valence-electron chi connectivity index (χ2n) is 3.72. The predicted molar refractivity (Wildman–Crippen MR) is 85.8 cm³/mol. The Hall–Kier alpha value is -0.700. The Bertz CT molecular complexity index is 681. The number of nitrogens with one attached hydrogen (secondary N) is 1. The molecule has 2 aromatic rings. The molecular weight excluding hydrogens is 455 g/mol. The summed E-state index contributed by atoms with van der Waals surface area (Å²) in [6, 6.07) is 5.70. The highest BCUT2D eigenvalue weighted by atomic mass is 79.9. The Morgan fingerprint density at radius 1 is 1.33 bits per heavy atom. The Balaban J connectivity index is 2.15. The number of hydrogen-bond donors (Lipinski definition) is 1. The van der Waals surface area contributed by atoms with E-state index in [4.69, 9.17) is 11.6 Å². The van der Waals surface area contributed by atoms with Crippen LogP contribution in [0.25, 0.3) is 0 Å². The van der Waals surface area contributed by atoms with Crippen LogP contribution in [-0.2, 0) is 0 Å². The molecule has 0 unspecified atom stereocenters. The molecule has 2 rings (SSSR count). The van der Waals surface area contributed by atoms with E-state index in [9.17, 15) is 13.6 Å². The largest absolute Gasteiger partial charge is 0.433 e. The number of ether oxygens (including phenoxy) is 1. The standard InChI is InChI=1S/C12H6Br2ClF2NO2S/c13-9-4-6(10(14)21-9)11(19)18-5-1-2-8(7(15)3-5)20-12(16)17/h1-4,12H,(H,18,19). The van der Waals surface area contributed by atoms with Crippen LogP contribution in [0.3, 0.4) is 0 Å². The van der Waals surface area contributed by atoms with Crippen LogP contribution in [0.2, 0.25) is 5.02 Å². The van der Waals surface area contributed by atoms with Crippen LogP contribution >= 0.6 is 54.8 Å². The molecular formula is C12H6Br2ClF2NO2S. The quantitative estimate of drug-likeness (QED) is 0.627. The molecule has 0 fully saturated rings. The molecule has 1 heterocycles. The van der Waals surface area contributed by atoms with Gasteiger partial charge < -0.3 is 10.1 Å². The zero-order chi connectivity index (χ0) is 15.6. The first-order chi connectivity index (χ1) is 9.86. The molecule has 1 amide bonds. The average Bonchev–Trinajstić information content (AvgIpc) is 2.71. The van der Waals surface area contributed by atoms with Crippen LogP contribution in [0.15, 0.2) is 31.8 Å². The molecule has 0 aliphatic carbocycles. The highest BCUT2D eigenvalue weighted by Gasteiger charge is 2.15. The molecule has 0 bridgehead atoms. The van der Waals surface area contributed by atoms with Gasteiger partial charge in [0.15, 0.2) is 0 Å². The fourth-order valence-corrected chi connectivity index (χ4v) is 4.48. The molecule has 0 saturated carbocycles. The Kier molecular flexibility index (Phi) is 5.59. The van der Waals surface area contributed by atoms with Crippen molar-refractivity contribution in [3.8, 4) is 5.75 Å². The summed E-state index contributed by atoms with van der Waals surface area (Å²) in [5.74, 6) is -0.494. The maximum Gasteiger partial charge on any atom is 0.387 e. The summed E-state index contributed by atoms with van der Waals surface area (Å²) in [6.45, 7) is -2.96. The SMILES string of the molecule is O=C(Nc1ccc(OC(F)F)c(Cl)c1)c1cc(Br)sc1Br. The van der Waals surface area contributed by atoms with Crippen LogP contribution in [0.1, 0.15) is 10.4 Å². The lowest BCUT2D eigenvalue weighted by atomic mass is 10.2. The number of anilines is 1. The smallest absolute Gasteiger partial charge is 0.387 e. The normalized spacial score (nSPS) is 10.8. The van der Waals surface area contributed by atoms with Gasteiger partial charge in [-0.25, -0.2) is 0 Å². The van der Waals surface area contributed by atoms with Crippen molar-refractivity contribution in [1.82, 2.24) is 0 Å². The Labute approximate surface area is 144 Å². The number of alkyl halides is 2. The molecule has 1 aromatic carbocycles. The van der Waals surface area contributed by atoms with Gasteiger partial charge in [-0.05, 0) is 56.1 Å². The van der Waals surface area contributed by atoms with E-state index < -0.39 is 6.61 Å². The van der Waals surface area contributed by atoms with Gasteiger partial charge >= 0.3 is 6.61 Å². The molecule has 0 aliphatic heterocycles. The van der Waals surface area contributed by atoms with Gasteiger partial charge in [-0.15, -0.1) is 11.3 Å². The fraction of sp³-hybridized carbons (Fsp3) is 0.0833. The lowest BCUT2D eigenvalue weighted by Crippen LogP contribution is -2.11. The van der Waals surface area contributed by atoms with Crippen molar-refractivity contribution in [2.24, 2.45) is 0 Å². The molecule has 1 aromatic heterocycles. The monoisotopic (exact) mass is 459 g/mol. The van der Waals surface area contributed by atoms with E-state index in [2.05, 4.69) is 41.9 Å². The summed E-state index contributed by atoms with van der Waals surface area (Å²) in [7, 11) is 0. The van der Waals surface area contributed by atoms with E-state index in [1.807, 2.05) is 0 Å². The van der Waals surface area contributed by atoms with E-state index >= 15 is 0 Å². The summed E-state index contributed by atoms with van der Waals surface area (Å²) in [5.41, 5.74) is 0.830. The minimum Gasteiger partial charge on any atom is -0.433 e. The zero-order valence-electron chi connectivity index (χ0n) is 10.0. The van der Waals surface area contributed by atoms with Crippen LogP contribution in [0.5, 0.6) is 5.75 Å². The number of carbonyl (C=O) groups excluding carboxylic acids is 1. The maximum atomic E-state index is 12.1. The molecule has 3 nitrogen and oxygen atoms in total. The van der Waals surface area contributed by atoms with Crippen molar-refractivity contribution in [2.45, 2.75) is 6.61 Å². The molecule has 0 spiro atoms. The summed E-state index contributed by atoms with van der Waals surface area (Å²) in [5, 5.41) is 2.61. The minimum atomic E-state index is -2.96. The summed E-state index contributed by atoms with van der Waals surface area (Å²) < 4.78 is 29.9. The van der Waals surface area contributed by atoms with Gasteiger partial charge in [0, 0.05) is 5.69 Å². The topological polar surface area (TPSA) is 38.3 Å². The molecule has 0 saturated heterocycles. The van der Waals surface area contributed by atoms with Gasteiger partial charge in [0.2, 0.25) is 0 Å². The van der Waals surface area contributed by atoms with E-state index in [0.717, 1.165) is 3.79 Å². The third-order valence-electron chi connectivity index (χ3n) is 2.31. The molecule has 0 aliphatic rings. The van der Waals surface area contributed by atoms with E-state index in [1.54, 1.807) is 6.07 Å². The average molecular weight is 462 g/mol. The van der Waals surface area contributed by atoms with Crippen LogP contribution < -0.4 is 10.1 Å². The van der Waals surface area contributed by atoms with Crippen molar-refractivity contribution < 1.29 is 18.3 Å². The lowest BCUT2D eigenvalue weighted by molar-refractivity contribution is -0.0497. The first kappa shape index (κ1) is 16.7. The summed E-state index contributed by atoms with van der Waals surface area (Å²) >= 11 is 13.7. The molecule has 9 heteroatoms. The van der Waals surface area contributed by atoms with Crippen LogP contribution in [0.4, 0.5) is 14.5 Å². The Morgan fingerprint density at radius 3 is 2.57 bits per heavy atom. The molecule has 0 radical (unpaired) electrons. The van der Waals surface area contributed by atoms with Crippen molar-refractivity contribution in [1.29, 1.82) is 0 Å². The summed E-state index contributed by atoms with van der Waals surface area (Å²) in [6.07, 6.45) is 0. The highest BCUT2D eigenvalue weighted by molar-refractivity contribution is 9.12.